The third kappa shape index (κ3) is 4.10. The van der Waals surface area contributed by atoms with Crippen LogP contribution in [0.1, 0.15) is 17.3 Å². The average Bonchev–Trinajstić information content (AvgIpc) is 3.14. The van der Waals surface area contributed by atoms with E-state index in [0.29, 0.717) is 22.0 Å². The molecule has 6 nitrogen and oxygen atoms in total. The van der Waals surface area contributed by atoms with E-state index in [9.17, 15) is 9.59 Å². The van der Waals surface area contributed by atoms with Crippen molar-refractivity contribution in [3.05, 3.63) is 71.5 Å². The summed E-state index contributed by atoms with van der Waals surface area (Å²) in [7, 11) is 0. The van der Waals surface area contributed by atoms with E-state index in [1.807, 2.05) is 18.2 Å². The number of halogens is 1. The number of rotatable bonds is 6. The summed E-state index contributed by atoms with van der Waals surface area (Å²) < 4.78 is 1.66. The van der Waals surface area contributed by atoms with E-state index in [1.165, 1.54) is 6.92 Å². The first kappa shape index (κ1) is 17.7. The second-order valence-electron chi connectivity index (χ2n) is 5.62. The lowest BCUT2D eigenvalue weighted by Gasteiger charge is -2.11. The van der Waals surface area contributed by atoms with Crippen LogP contribution in [0.25, 0.3) is 5.69 Å². The molecule has 0 aliphatic heterocycles. The van der Waals surface area contributed by atoms with Gasteiger partial charge in [0.05, 0.1) is 22.9 Å². The molecule has 0 aliphatic rings. The molecule has 0 radical (unpaired) electrons. The molecule has 0 spiro atoms. The van der Waals surface area contributed by atoms with Gasteiger partial charge in [-0.2, -0.15) is 5.10 Å². The Balaban J connectivity index is 1.63. The number of nitrogens with zero attached hydrogens (tertiary/aromatic N) is 2. The van der Waals surface area contributed by atoms with E-state index >= 15 is 0 Å². The normalized spacial score (nSPS) is 10.4. The molecule has 0 saturated heterocycles. The Morgan fingerprint density at radius 2 is 1.96 bits per heavy atom. The maximum atomic E-state index is 12.2. The fourth-order valence-electron chi connectivity index (χ4n) is 2.49. The highest BCUT2D eigenvalue weighted by molar-refractivity contribution is 6.32. The van der Waals surface area contributed by atoms with Crippen molar-refractivity contribution in [1.29, 1.82) is 0 Å². The lowest BCUT2D eigenvalue weighted by Crippen LogP contribution is -2.22. The summed E-state index contributed by atoms with van der Waals surface area (Å²) in [6.07, 6.45) is 3.47. The Bertz CT molecular complexity index is 938. The van der Waals surface area contributed by atoms with Crippen LogP contribution in [0.15, 0.2) is 60.9 Å². The molecule has 1 heterocycles. The highest BCUT2D eigenvalue weighted by Gasteiger charge is 2.10. The fourth-order valence-corrected chi connectivity index (χ4v) is 2.76. The van der Waals surface area contributed by atoms with E-state index in [1.54, 1.807) is 47.4 Å². The lowest BCUT2D eigenvalue weighted by atomic mass is 10.1. The van der Waals surface area contributed by atoms with Crippen LogP contribution in [0.4, 0.5) is 11.4 Å². The van der Waals surface area contributed by atoms with Gasteiger partial charge in [0.25, 0.3) is 0 Å². The summed E-state index contributed by atoms with van der Waals surface area (Å²) in [6, 6.07) is 14.1. The Labute approximate surface area is 155 Å². The van der Waals surface area contributed by atoms with Crippen LogP contribution in [0.2, 0.25) is 5.02 Å². The van der Waals surface area contributed by atoms with Crippen LogP contribution in [0.5, 0.6) is 0 Å². The molecular formula is C19H17ClN4O2. The largest absolute Gasteiger partial charge is 0.376 e. The third-order valence-corrected chi connectivity index (χ3v) is 4.04. The molecule has 3 aromatic rings. The van der Waals surface area contributed by atoms with Crippen molar-refractivity contribution in [2.24, 2.45) is 0 Å². The van der Waals surface area contributed by atoms with E-state index in [2.05, 4.69) is 15.7 Å². The molecule has 0 atom stereocenters. The quantitative estimate of drug-likeness (QED) is 0.649. The second kappa shape index (κ2) is 7.84. The zero-order valence-electron chi connectivity index (χ0n) is 14.1. The van der Waals surface area contributed by atoms with E-state index in [0.717, 1.165) is 5.69 Å². The minimum absolute atomic E-state index is 0.0453. The molecule has 1 aromatic heterocycles. The van der Waals surface area contributed by atoms with Gasteiger partial charge >= 0.3 is 0 Å². The monoisotopic (exact) mass is 368 g/mol. The van der Waals surface area contributed by atoms with Gasteiger partial charge in [0, 0.05) is 23.6 Å². The number of aromatic nitrogens is 2. The molecular weight excluding hydrogens is 352 g/mol. The van der Waals surface area contributed by atoms with Crippen molar-refractivity contribution in [2.45, 2.75) is 6.92 Å². The number of benzene rings is 2. The number of nitrogens with one attached hydrogen (secondary N) is 2. The van der Waals surface area contributed by atoms with Crippen LogP contribution in [0, 0.1) is 0 Å². The molecule has 2 aromatic carbocycles. The van der Waals surface area contributed by atoms with Crippen LogP contribution < -0.4 is 10.6 Å². The number of ketones is 1. The van der Waals surface area contributed by atoms with Crippen molar-refractivity contribution < 1.29 is 9.59 Å². The first-order valence-electron chi connectivity index (χ1n) is 7.98. The molecule has 3 rings (SSSR count). The standard InChI is InChI=1S/C19H17ClN4O2/c1-13(25)15-5-2-3-6-17(15)23-19(26)12-21-14-7-8-18(16(20)11-14)24-10-4-9-22-24/h2-11,21H,12H2,1H3,(H,23,26). The smallest absolute Gasteiger partial charge is 0.243 e. The van der Waals surface area contributed by atoms with Gasteiger partial charge in [-0.05, 0) is 43.3 Å². The van der Waals surface area contributed by atoms with Gasteiger partial charge in [-0.1, -0.05) is 23.7 Å². The number of Topliss-reactive ketones (excluding diaryl/α,β-unsaturated/α-hetero) is 1. The summed E-state index contributed by atoms with van der Waals surface area (Å²) in [5, 5.41) is 10.4. The predicted octanol–water partition coefficient (Wildman–Crippen LogP) is 3.78. The van der Waals surface area contributed by atoms with Crippen molar-refractivity contribution in [3.63, 3.8) is 0 Å². The van der Waals surface area contributed by atoms with Gasteiger partial charge < -0.3 is 10.6 Å². The minimum atomic E-state index is -0.258. The first-order valence-corrected chi connectivity index (χ1v) is 8.35. The van der Waals surface area contributed by atoms with Crippen molar-refractivity contribution in [1.82, 2.24) is 9.78 Å². The summed E-state index contributed by atoms with van der Waals surface area (Å²) in [5.41, 5.74) is 2.44. The van der Waals surface area contributed by atoms with E-state index in [-0.39, 0.29) is 18.2 Å². The summed E-state index contributed by atoms with van der Waals surface area (Å²) >= 11 is 6.28. The van der Waals surface area contributed by atoms with Crippen LogP contribution in [-0.4, -0.2) is 28.0 Å². The molecule has 26 heavy (non-hydrogen) atoms. The van der Waals surface area contributed by atoms with Crippen LogP contribution >= 0.6 is 11.6 Å². The number of hydrogen-bond acceptors (Lipinski definition) is 4. The number of para-hydroxylation sites is 1. The van der Waals surface area contributed by atoms with Gasteiger partial charge in [-0.25, -0.2) is 4.68 Å². The fraction of sp³-hybridized carbons (Fsp3) is 0.105. The number of hydrogen-bond donors (Lipinski definition) is 2. The Morgan fingerprint density at radius 3 is 2.65 bits per heavy atom. The minimum Gasteiger partial charge on any atom is -0.376 e. The summed E-state index contributed by atoms with van der Waals surface area (Å²) in [4.78, 5) is 23.8. The summed E-state index contributed by atoms with van der Waals surface area (Å²) in [6.45, 7) is 1.51. The van der Waals surface area contributed by atoms with Crippen molar-refractivity contribution in [2.75, 3.05) is 17.2 Å². The van der Waals surface area contributed by atoms with Crippen molar-refractivity contribution in [3.8, 4) is 5.69 Å². The van der Waals surface area contributed by atoms with Gasteiger partial charge in [-0.3, -0.25) is 9.59 Å². The second-order valence-corrected chi connectivity index (χ2v) is 6.03. The van der Waals surface area contributed by atoms with Crippen LogP contribution in [-0.2, 0) is 4.79 Å². The van der Waals surface area contributed by atoms with Crippen molar-refractivity contribution >= 4 is 34.7 Å². The molecule has 7 heteroatoms. The average molecular weight is 369 g/mol. The molecule has 132 valence electrons. The Morgan fingerprint density at radius 1 is 1.15 bits per heavy atom. The number of carbonyl (C=O) groups excluding carboxylic acids is 2. The third-order valence-electron chi connectivity index (χ3n) is 3.73. The van der Waals surface area contributed by atoms with E-state index in [4.69, 9.17) is 11.6 Å². The SMILES string of the molecule is CC(=O)c1ccccc1NC(=O)CNc1ccc(-n2cccn2)c(Cl)c1. The van der Waals surface area contributed by atoms with Gasteiger partial charge in [0.1, 0.15) is 0 Å². The molecule has 0 aliphatic carbocycles. The zero-order valence-corrected chi connectivity index (χ0v) is 14.8. The maximum absolute atomic E-state index is 12.2. The number of carbonyl (C=O) groups is 2. The molecule has 0 bridgehead atoms. The Kier molecular flexibility index (Phi) is 5.34. The van der Waals surface area contributed by atoms with Crippen LogP contribution in [0.3, 0.4) is 0 Å². The highest BCUT2D eigenvalue weighted by atomic mass is 35.5. The molecule has 0 unspecified atom stereocenters. The number of anilines is 2. The highest BCUT2D eigenvalue weighted by Crippen LogP contribution is 2.23. The molecule has 0 saturated carbocycles. The Hall–Kier alpha value is -3.12. The zero-order chi connectivity index (χ0) is 18.5. The number of amides is 1. The van der Waals surface area contributed by atoms with Gasteiger partial charge in [0.2, 0.25) is 5.91 Å². The topological polar surface area (TPSA) is 76.0 Å². The van der Waals surface area contributed by atoms with Gasteiger partial charge in [-0.15, -0.1) is 0 Å². The maximum Gasteiger partial charge on any atom is 0.243 e. The van der Waals surface area contributed by atoms with E-state index < -0.39 is 0 Å². The molecule has 2 N–H and O–H groups in total. The predicted molar refractivity (Wildman–Crippen MR) is 102 cm³/mol. The summed E-state index contributed by atoms with van der Waals surface area (Å²) in [5.74, 6) is -0.360. The molecule has 0 fully saturated rings. The lowest BCUT2D eigenvalue weighted by molar-refractivity contribution is -0.114. The molecule has 1 amide bonds. The van der Waals surface area contributed by atoms with Gasteiger partial charge in [0.15, 0.2) is 5.78 Å². The first-order chi connectivity index (χ1) is 12.5.